The molecule has 90 valence electrons. The highest BCUT2D eigenvalue weighted by Crippen LogP contribution is 2.29. The fourth-order valence-electron chi connectivity index (χ4n) is 1.43. The molecule has 1 aromatic carbocycles. The second-order valence-electron chi connectivity index (χ2n) is 3.44. The van der Waals surface area contributed by atoms with E-state index < -0.39 is 5.97 Å². The van der Waals surface area contributed by atoms with Gasteiger partial charge in [-0.2, -0.15) is 5.26 Å². The number of rotatable bonds is 3. The molecule has 0 aliphatic rings. The largest absolute Gasteiger partial charge is 0.476 e. The van der Waals surface area contributed by atoms with Gasteiger partial charge in [-0.3, -0.25) is 0 Å². The minimum Gasteiger partial charge on any atom is -0.476 e. The lowest BCUT2D eigenvalue weighted by atomic mass is 10.2. The van der Waals surface area contributed by atoms with Gasteiger partial charge in [0, 0.05) is 10.0 Å². The number of carbonyl (C=O) groups is 1. The molecule has 0 bridgehead atoms. The molecule has 0 aliphatic heterocycles. The van der Waals surface area contributed by atoms with Crippen molar-refractivity contribution in [2.24, 2.45) is 0 Å². The van der Waals surface area contributed by atoms with E-state index in [-0.39, 0.29) is 12.1 Å². The second-order valence-corrected chi connectivity index (χ2v) is 5.44. The van der Waals surface area contributed by atoms with Crippen molar-refractivity contribution >= 4 is 33.2 Å². The van der Waals surface area contributed by atoms with Gasteiger partial charge in [0.15, 0.2) is 5.69 Å². The molecule has 0 amide bonds. The molecular weight excluding hydrogens is 316 g/mol. The molecule has 0 atom stereocenters. The summed E-state index contributed by atoms with van der Waals surface area (Å²) in [6, 6.07) is 9.38. The van der Waals surface area contributed by atoms with Crippen LogP contribution in [-0.4, -0.2) is 16.1 Å². The lowest BCUT2D eigenvalue weighted by Crippen LogP contribution is -2.00. The number of halogens is 1. The van der Waals surface area contributed by atoms with E-state index in [4.69, 9.17) is 10.4 Å². The van der Waals surface area contributed by atoms with Crippen LogP contribution in [-0.2, 0) is 6.42 Å². The Morgan fingerprint density at radius 1 is 1.44 bits per heavy atom. The number of hydrogen-bond donors (Lipinski definition) is 1. The van der Waals surface area contributed by atoms with Crippen molar-refractivity contribution in [1.29, 1.82) is 5.26 Å². The Bertz CT molecular complexity index is 629. The quantitative estimate of drug-likeness (QED) is 0.940. The SMILES string of the molecule is N#CCc1sc(-c2ccc(Br)cc2)nc1C(=O)O. The number of carboxylic acids is 1. The van der Waals surface area contributed by atoms with Gasteiger partial charge in [-0.15, -0.1) is 11.3 Å². The van der Waals surface area contributed by atoms with Crippen molar-refractivity contribution in [2.45, 2.75) is 6.42 Å². The first-order valence-corrected chi connectivity index (χ1v) is 6.58. The standard InChI is InChI=1S/C12H7BrN2O2S/c13-8-3-1-7(2-4-8)11-15-10(12(16)17)9(18-11)5-6-14/h1-4H,5H2,(H,16,17). The van der Waals surface area contributed by atoms with Crippen molar-refractivity contribution in [1.82, 2.24) is 4.98 Å². The molecule has 0 spiro atoms. The fraction of sp³-hybridized carbons (Fsp3) is 0.0833. The highest BCUT2D eigenvalue weighted by Gasteiger charge is 2.17. The Kier molecular flexibility index (Phi) is 3.75. The van der Waals surface area contributed by atoms with E-state index in [0.717, 1.165) is 10.0 Å². The molecule has 0 aliphatic carbocycles. The Morgan fingerprint density at radius 2 is 2.11 bits per heavy atom. The molecular formula is C12H7BrN2O2S. The van der Waals surface area contributed by atoms with Crippen LogP contribution in [0, 0.1) is 11.3 Å². The first-order valence-electron chi connectivity index (χ1n) is 4.97. The van der Waals surface area contributed by atoms with E-state index in [9.17, 15) is 4.79 Å². The van der Waals surface area contributed by atoms with E-state index in [1.54, 1.807) is 0 Å². The summed E-state index contributed by atoms with van der Waals surface area (Å²) in [6.07, 6.45) is 0.0653. The number of nitrogens with zero attached hydrogens (tertiary/aromatic N) is 2. The van der Waals surface area contributed by atoms with Crippen LogP contribution in [0.4, 0.5) is 0 Å². The van der Waals surface area contributed by atoms with Gasteiger partial charge < -0.3 is 5.11 Å². The third-order valence-electron chi connectivity index (χ3n) is 2.23. The van der Waals surface area contributed by atoms with Crippen LogP contribution >= 0.6 is 27.3 Å². The Balaban J connectivity index is 2.46. The molecule has 6 heteroatoms. The minimum absolute atomic E-state index is 0.0283. The summed E-state index contributed by atoms with van der Waals surface area (Å²) >= 11 is 4.57. The maximum absolute atomic E-state index is 11.0. The summed E-state index contributed by atoms with van der Waals surface area (Å²) in [7, 11) is 0. The van der Waals surface area contributed by atoms with Crippen LogP contribution in [0.1, 0.15) is 15.4 Å². The molecule has 18 heavy (non-hydrogen) atoms. The minimum atomic E-state index is -1.10. The van der Waals surface area contributed by atoms with E-state index >= 15 is 0 Å². The summed E-state index contributed by atoms with van der Waals surface area (Å²) in [5.74, 6) is -1.10. The summed E-state index contributed by atoms with van der Waals surface area (Å²) in [5, 5.41) is 18.3. The molecule has 1 heterocycles. The first-order chi connectivity index (χ1) is 8.61. The summed E-state index contributed by atoms with van der Waals surface area (Å²) in [6.45, 7) is 0. The van der Waals surface area contributed by atoms with Crippen molar-refractivity contribution in [2.75, 3.05) is 0 Å². The van der Waals surface area contributed by atoms with Gasteiger partial charge in [-0.1, -0.05) is 28.1 Å². The topological polar surface area (TPSA) is 74.0 Å². The Hall–Kier alpha value is -1.71. The van der Waals surface area contributed by atoms with E-state index in [2.05, 4.69) is 20.9 Å². The van der Waals surface area contributed by atoms with Gasteiger partial charge in [0.1, 0.15) is 5.01 Å². The molecule has 2 rings (SSSR count). The van der Waals surface area contributed by atoms with Crippen LogP contribution in [0.3, 0.4) is 0 Å². The van der Waals surface area contributed by atoms with Crippen molar-refractivity contribution < 1.29 is 9.90 Å². The summed E-state index contributed by atoms with van der Waals surface area (Å²) in [5.41, 5.74) is 0.814. The second kappa shape index (κ2) is 5.29. The average molecular weight is 323 g/mol. The zero-order chi connectivity index (χ0) is 13.1. The van der Waals surface area contributed by atoms with Crippen molar-refractivity contribution in [3.05, 3.63) is 39.3 Å². The van der Waals surface area contributed by atoms with Crippen LogP contribution in [0.15, 0.2) is 28.7 Å². The highest BCUT2D eigenvalue weighted by molar-refractivity contribution is 9.10. The molecule has 0 radical (unpaired) electrons. The normalized spacial score (nSPS) is 10.0. The van der Waals surface area contributed by atoms with E-state index in [1.807, 2.05) is 30.3 Å². The third-order valence-corrected chi connectivity index (χ3v) is 3.86. The van der Waals surface area contributed by atoms with Gasteiger partial charge in [0.2, 0.25) is 0 Å². The fourth-order valence-corrected chi connectivity index (χ4v) is 2.68. The zero-order valence-corrected chi connectivity index (χ0v) is 11.5. The maximum Gasteiger partial charge on any atom is 0.355 e. The molecule has 0 saturated heterocycles. The van der Waals surface area contributed by atoms with Gasteiger partial charge >= 0.3 is 5.97 Å². The van der Waals surface area contributed by atoms with Gasteiger partial charge in [0.25, 0.3) is 0 Å². The predicted molar refractivity (Wildman–Crippen MR) is 71.5 cm³/mol. The summed E-state index contributed by atoms with van der Waals surface area (Å²) < 4.78 is 0.943. The molecule has 0 saturated carbocycles. The number of thiazole rings is 1. The number of aromatic carboxylic acids is 1. The van der Waals surface area contributed by atoms with Gasteiger partial charge in [-0.05, 0) is 12.1 Å². The lowest BCUT2D eigenvalue weighted by molar-refractivity contribution is 0.0690. The number of carboxylic acid groups (broad SMARTS) is 1. The number of benzene rings is 1. The molecule has 1 aromatic heterocycles. The molecule has 0 fully saturated rings. The van der Waals surface area contributed by atoms with Crippen LogP contribution in [0.5, 0.6) is 0 Å². The van der Waals surface area contributed by atoms with Crippen molar-refractivity contribution in [3.8, 4) is 16.6 Å². The third kappa shape index (κ3) is 2.58. The average Bonchev–Trinajstić information content (AvgIpc) is 2.75. The molecule has 1 N–H and O–H groups in total. The number of aromatic nitrogens is 1. The number of nitriles is 1. The zero-order valence-electron chi connectivity index (χ0n) is 9.05. The lowest BCUT2D eigenvalue weighted by Gasteiger charge is -1.95. The smallest absolute Gasteiger partial charge is 0.355 e. The van der Waals surface area contributed by atoms with Gasteiger partial charge in [0.05, 0.1) is 17.4 Å². The Labute approximate surface area is 116 Å². The highest BCUT2D eigenvalue weighted by atomic mass is 79.9. The van der Waals surface area contributed by atoms with Gasteiger partial charge in [-0.25, -0.2) is 9.78 Å². The van der Waals surface area contributed by atoms with E-state index in [1.165, 1.54) is 11.3 Å². The van der Waals surface area contributed by atoms with Crippen LogP contribution < -0.4 is 0 Å². The molecule has 2 aromatic rings. The number of hydrogen-bond acceptors (Lipinski definition) is 4. The van der Waals surface area contributed by atoms with Crippen molar-refractivity contribution in [3.63, 3.8) is 0 Å². The predicted octanol–water partition coefficient (Wildman–Crippen LogP) is 3.34. The first kappa shape index (κ1) is 12.7. The van der Waals surface area contributed by atoms with Crippen LogP contribution in [0.2, 0.25) is 0 Å². The summed E-state index contributed by atoms with van der Waals surface area (Å²) in [4.78, 5) is 15.6. The Morgan fingerprint density at radius 3 is 2.67 bits per heavy atom. The maximum atomic E-state index is 11.0. The molecule has 0 unspecified atom stereocenters. The monoisotopic (exact) mass is 322 g/mol. The molecule has 4 nitrogen and oxygen atoms in total. The van der Waals surface area contributed by atoms with E-state index in [0.29, 0.717) is 9.88 Å². The van der Waals surface area contributed by atoms with Crippen LogP contribution in [0.25, 0.3) is 10.6 Å².